The van der Waals surface area contributed by atoms with Crippen LogP contribution in [-0.2, 0) is 16.9 Å². The third kappa shape index (κ3) is 8.07. The van der Waals surface area contributed by atoms with Crippen molar-refractivity contribution >= 4 is 7.82 Å². The van der Waals surface area contributed by atoms with E-state index in [1.807, 2.05) is 0 Å². The van der Waals surface area contributed by atoms with Crippen LogP contribution in [0.2, 0.25) is 0 Å². The van der Waals surface area contributed by atoms with Gasteiger partial charge in [0.1, 0.15) is 7.82 Å². The first-order valence-electron chi connectivity index (χ1n) is 8.11. The van der Waals surface area contributed by atoms with E-state index in [1.165, 1.54) is 40.6 Å². The first-order chi connectivity index (χ1) is 13.5. The summed E-state index contributed by atoms with van der Waals surface area (Å²) in [5.41, 5.74) is -0.406. The fraction of sp³-hybridized carbons (Fsp3) is 0.333. The van der Waals surface area contributed by atoms with E-state index in [0.29, 0.717) is 0 Å². The van der Waals surface area contributed by atoms with Crippen molar-refractivity contribution in [3.8, 4) is 28.7 Å². The second-order valence-corrected chi connectivity index (χ2v) is 6.90. The molecule has 13 heteroatoms. The minimum atomic E-state index is -5.40. The van der Waals surface area contributed by atoms with E-state index in [9.17, 15) is 23.1 Å². The molecule has 2 aromatic rings. The van der Waals surface area contributed by atoms with Crippen LogP contribution in [0.25, 0.3) is 0 Å². The van der Waals surface area contributed by atoms with Gasteiger partial charge in [0.05, 0.1) is 28.4 Å². The summed E-state index contributed by atoms with van der Waals surface area (Å²) in [5.74, 6) is -3.69. The van der Waals surface area contributed by atoms with Gasteiger partial charge in [-0.3, -0.25) is 0 Å². The molecule has 0 saturated carbocycles. The Morgan fingerprint density at radius 3 is 1.77 bits per heavy atom. The average molecular weight is 478 g/mol. The maximum Gasteiger partial charge on any atom is 1.00 e. The molecular weight excluding hydrogens is 459 g/mol. The Balaban J connectivity index is 0.00000450. The van der Waals surface area contributed by atoms with Crippen LogP contribution in [0.4, 0.5) is 8.78 Å². The van der Waals surface area contributed by atoms with Crippen LogP contribution in [0.5, 0.6) is 28.7 Å². The number of ether oxygens (including phenoxy) is 4. The number of rotatable bonds is 9. The van der Waals surface area contributed by atoms with E-state index < -0.39 is 31.5 Å². The van der Waals surface area contributed by atoms with Gasteiger partial charge in [0.15, 0.2) is 23.0 Å². The van der Waals surface area contributed by atoms with Gasteiger partial charge in [-0.15, -0.1) is 0 Å². The Bertz CT molecular complexity index is 898. The molecule has 0 radical (unpaired) electrons. The van der Waals surface area contributed by atoms with E-state index in [2.05, 4.69) is 4.52 Å². The number of alkyl halides is 2. The minimum Gasteiger partial charge on any atom is -0.780 e. The average Bonchev–Trinajstić information content (AvgIpc) is 2.65. The fourth-order valence-electron chi connectivity index (χ4n) is 2.67. The van der Waals surface area contributed by atoms with Crippen molar-refractivity contribution in [2.24, 2.45) is 0 Å². The summed E-state index contributed by atoms with van der Waals surface area (Å²) >= 11 is 0. The van der Waals surface area contributed by atoms with Gasteiger partial charge in [0, 0.05) is 12.0 Å². The van der Waals surface area contributed by atoms with Crippen LogP contribution in [0.1, 0.15) is 11.1 Å². The first-order valence-corrected chi connectivity index (χ1v) is 9.57. The van der Waals surface area contributed by atoms with Crippen LogP contribution < -0.4 is 92.4 Å². The number of hydrogen-bond donors (Lipinski definition) is 0. The Labute approximate surface area is 223 Å². The van der Waals surface area contributed by atoms with Crippen molar-refractivity contribution in [1.29, 1.82) is 0 Å². The summed E-state index contributed by atoms with van der Waals surface area (Å²) in [5, 5.41) is 0. The number of benzene rings is 2. The largest absolute Gasteiger partial charge is 1.00 e. The Kier molecular flexibility index (Phi) is 12.4. The van der Waals surface area contributed by atoms with Crippen LogP contribution in [0.3, 0.4) is 0 Å². The summed E-state index contributed by atoms with van der Waals surface area (Å²) in [6, 6.07) is 5.77. The minimum absolute atomic E-state index is 0. The molecule has 0 aromatic heterocycles. The molecule has 0 fully saturated rings. The molecule has 0 N–H and O–H groups in total. The van der Waals surface area contributed by atoms with Gasteiger partial charge in [-0.1, -0.05) is 6.07 Å². The zero-order valence-electron chi connectivity index (χ0n) is 18.1. The SMILES string of the molecule is COc1ccc(CC(F)(F)c2cc(OC)c(OC)c(OC)c2)cc1OP(=O)([O-])[O-].[Na+].[Na+]. The smallest absolute Gasteiger partial charge is 0.780 e. The van der Waals surface area contributed by atoms with Crippen molar-refractivity contribution in [3.63, 3.8) is 0 Å². The van der Waals surface area contributed by atoms with Crippen molar-refractivity contribution in [3.05, 3.63) is 41.5 Å². The normalized spacial score (nSPS) is 11.0. The molecule has 2 aromatic carbocycles. The summed E-state index contributed by atoms with van der Waals surface area (Å²) < 4.78 is 65.3. The Morgan fingerprint density at radius 2 is 1.35 bits per heavy atom. The van der Waals surface area contributed by atoms with Gasteiger partial charge in [0.2, 0.25) is 5.75 Å². The van der Waals surface area contributed by atoms with Gasteiger partial charge < -0.3 is 37.8 Å². The van der Waals surface area contributed by atoms with Crippen molar-refractivity contribution in [1.82, 2.24) is 0 Å². The molecule has 0 bridgehead atoms. The summed E-state index contributed by atoms with van der Waals surface area (Å²) in [6.45, 7) is 0. The van der Waals surface area contributed by atoms with E-state index in [4.69, 9.17) is 18.9 Å². The summed E-state index contributed by atoms with van der Waals surface area (Å²) in [4.78, 5) is 21.8. The number of methoxy groups -OCH3 is 4. The molecule has 8 nitrogen and oxygen atoms in total. The van der Waals surface area contributed by atoms with Gasteiger partial charge in [-0.2, -0.15) is 0 Å². The second-order valence-electron chi connectivity index (χ2n) is 5.82. The van der Waals surface area contributed by atoms with Crippen LogP contribution >= 0.6 is 7.82 Å². The van der Waals surface area contributed by atoms with Gasteiger partial charge >= 0.3 is 59.1 Å². The maximum absolute atomic E-state index is 15.0. The molecule has 0 saturated heterocycles. The first kappa shape index (κ1) is 30.4. The Morgan fingerprint density at radius 1 is 0.839 bits per heavy atom. The van der Waals surface area contributed by atoms with Crippen molar-refractivity contribution < 1.29 is 106 Å². The molecule has 2 rings (SSSR count). The molecule has 0 aliphatic heterocycles. The molecule has 31 heavy (non-hydrogen) atoms. The zero-order valence-corrected chi connectivity index (χ0v) is 23.0. The third-order valence-corrected chi connectivity index (χ3v) is 4.37. The predicted octanol–water partition coefficient (Wildman–Crippen LogP) is -3.73. The van der Waals surface area contributed by atoms with Crippen molar-refractivity contribution in [2.75, 3.05) is 28.4 Å². The van der Waals surface area contributed by atoms with Crippen LogP contribution in [0, 0.1) is 0 Å². The molecule has 0 atom stereocenters. The quantitative estimate of drug-likeness (QED) is 0.268. The maximum atomic E-state index is 15.0. The molecule has 0 unspecified atom stereocenters. The number of phosphoric acid groups is 1. The zero-order chi connectivity index (χ0) is 21.8. The molecule has 160 valence electrons. The summed E-state index contributed by atoms with van der Waals surface area (Å²) in [7, 11) is -0.234. The predicted molar refractivity (Wildman–Crippen MR) is 94.9 cm³/mol. The van der Waals surface area contributed by atoms with Gasteiger partial charge in [-0.25, -0.2) is 8.78 Å². The molecular formula is C18H19F2Na2O8P. The van der Waals surface area contributed by atoms with E-state index in [0.717, 1.165) is 18.2 Å². The van der Waals surface area contributed by atoms with Crippen molar-refractivity contribution in [2.45, 2.75) is 12.3 Å². The van der Waals surface area contributed by atoms with E-state index in [-0.39, 0.29) is 87.7 Å². The van der Waals surface area contributed by atoms with Gasteiger partial charge in [0.25, 0.3) is 5.92 Å². The van der Waals surface area contributed by atoms with Crippen LogP contribution in [0.15, 0.2) is 30.3 Å². The fourth-order valence-corrected chi connectivity index (χ4v) is 3.06. The van der Waals surface area contributed by atoms with E-state index >= 15 is 0 Å². The standard InChI is InChI=1S/C18H21F2O8P.2Na/c1-24-13-6-5-11(7-14(13)28-29(21,22)23)10-18(19,20)12-8-15(25-2)17(27-4)16(9-12)26-3;;/h5-9H,10H2,1-4H3,(H2,21,22,23);;/q;2*+1/p-2. The monoisotopic (exact) mass is 478 g/mol. The molecule has 0 aliphatic rings. The van der Waals surface area contributed by atoms with E-state index in [1.54, 1.807) is 0 Å². The van der Waals surface area contributed by atoms with Crippen LogP contribution in [-0.4, -0.2) is 28.4 Å². The topological polar surface area (TPSA) is 109 Å². The second kappa shape index (κ2) is 12.6. The van der Waals surface area contributed by atoms with Gasteiger partial charge in [-0.05, 0) is 29.8 Å². The molecule has 0 aliphatic carbocycles. The number of halogens is 2. The molecule has 0 amide bonds. The number of phosphoric ester groups is 1. The third-order valence-electron chi connectivity index (χ3n) is 3.95. The number of hydrogen-bond acceptors (Lipinski definition) is 8. The Hall–Kier alpha value is -0.550. The molecule has 0 heterocycles. The molecule has 0 spiro atoms. The summed E-state index contributed by atoms with van der Waals surface area (Å²) in [6.07, 6.45) is -0.825.